The predicted molar refractivity (Wildman–Crippen MR) is 66.4 cm³/mol. The number of nitrogens with two attached hydrogens (primary N) is 1. The lowest BCUT2D eigenvalue weighted by molar-refractivity contribution is 0.0327. The van der Waals surface area contributed by atoms with Crippen molar-refractivity contribution in [1.29, 1.82) is 0 Å². The van der Waals surface area contributed by atoms with Gasteiger partial charge in [-0.2, -0.15) is 0 Å². The first kappa shape index (κ1) is 12.3. The van der Waals surface area contributed by atoms with E-state index in [1.807, 2.05) is 0 Å². The van der Waals surface area contributed by atoms with Crippen LogP contribution in [-0.4, -0.2) is 43.8 Å². The van der Waals surface area contributed by atoms with Gasteiger partial charge in [0.1, 0.15) is 0 Å². The molecule has 3 nitrogen and oxygen atoms in total. The highest BCUT2D eigenvalue weighted by Gasteiger charge is 2.24. The van der Waals surface area contributed by atoms with Gasteiger partial charge in [-0.05, 0) is 51.5 Å². The summed E-state index contributed by atoms with van der Waals surface area (Å²) < 4.78 is 5.54. The molecule has 0 spiro atoms. The van der Waals surface area contributed by atoms with E-state index in [0.717, 1.165) is 25.2 Å². The van der Waals surface area contributed by atoms with E-state index >= 15 is 0 Å². The number of nitrogens with zero attached hydrogens (tertiary/aromatic N) is 1. The van der Waals surface area contributed by atoms with Crippen molar-refractivity contribution >= 4 is 0 Å². The van der Waals surface area contributed by atoms with Gasteiger partial charge < -0.3 is 15.4 Å². The van der Waals surface area contributed by atoms with E-state index in [1.54, 1.807) is 0 Å². The molecule has 1 aliphatic heterocycles. The molecule has 1 atom stereocenters. The lowest BCUT2D eigenvalue weighted by Crippen LogP contribution is -2.42. The highest BCUT2D eigenvalue weighted by molar-refractivity contribution is 4.81. The van der Waals surface area contributed by atoms with Crippen molar-refractivity contribution in [3.63, 3.8) is 0 Å². The Kier molecular flexibility index (Phi) is 4.62. The summed E-state index contributed by atoms with van der Waals surface area (Å²) in [7, 11) is 2.27. The number of hydrogen-bond acceptors (Lipinski definition) is 3. The molecule has 1 heterocycles. The topological polar surface area (TPSA) is 38.5 Å². The SMILES string of the molecule is CN(CC1CCCOC1)C1CCC(N)CC1. The number of rotatable bonds is 3. The van der Waals surface area contributed by atoms with E-state index in [2.05, 4.69) is 11.9 Å². The van der Waals surface area contributed by atoms with Crippen LogP contribution in [0.1, 0.15) is 38.5 Å². The molecule has 3 heteroatoms. The molecular formula is C13H26N2O. The Hall–Kier alpha value is -0.120. The Bertz CT molecular complexity index is 196. The zero-order chi connectivity index (χ0) is 11.4. The first-order valence-electron chi connectivity index (χ1n) is 6.79. The Morgan fingerprint density at radius 3 is 2.56 bits per heavy atom. The summed E-state index contributed by atoms with van der Waals surface area (Å²) in [6.45, 7) is 3.15. The molecule has 2 rings (SSSR count). The average Bonchev–Trinajstić information content (AvgIpc) is 2.31. The Balaban J connectivity index is 1.72. The van der Waals surface area contributed by atoms with E-state index in [1.165, 1.54) is 45.1 Å². The second-order valence-corrected chi connectivity index (χ2v) is 5.59. The first-order chi connectivity index (χ1) is 7.75. The monoisotopic (exact) mass is 226 g/mol. The molecule has 0 radical (unpaired) electrons. The van der Waals surface area contributed by atoms with Crippen LogP contribution in [0.3, 0.4) is 0 Å². The van der Waals surface area contributed by atoms with Crippen molar-refractivity contribution in [1.82, 2.24) is 4.90 Å². The summed E-state index contributed by atoms with van der Waals surface area (Å²) in [4.78, 5) is 2.55. The van der Waals surface area contributed by atoms with Crippen LogP contribution in [0.2, 0.25) is 0 Å². The summed E-state index contributed by atoms with van der Waals surface area (Å²) in [6.07, 6.45) is 7.56. The van der Waals surface area contributed by atoms with Crippen molar-refractivity contribution in [2.75, 3.05) is 26.8 Å². The van der Waals surface area contributed by atoms with Crippen LogP contribution in [0.15, 0.2) is 0 Å². The molecule has 2 N–H and O–H groups in total. The quantitative estimate of drug-likeness (QED) is 0.794. The minimum absolute atomic E-state index is 0.461. The molecule has 0 bridgehead atoms. The molecule has 1 saturated heterocycles. The first-order valence-corrected chi connectivity index (χ1v) is 6.79. The van der Waals surface area contributed by atoms with Crippen molar-refractivity contribution in [3.05, 3.63) is 0 Å². The molecule has 16 heavy (non-hydrogen) atoms. The fourth-order valence-corrected chi connectivity index (χ4v) is 3.05. The standard InChI is InChI=1S/C13H26N2O/c1-15(9-11-3-2-8-16-10-11)13-6-4-12(14)5-7-13/h11-13H,2-10,14H2,1H3. The summed E-state index contributed by atoms with van der Waals surface area (Å²) in [5, 5.41) is 0. The van der Waals surface area contributed by atoms with E-state index in [9.17, 15) is 0 Å². The lowest BCUT2D eigenvalue weighted by Gasteiger charge is -2.36. The van der Waals surface area contributed by atoms with Crippen LogP contribution in [0.25, 0.3) is 0 Å². The molecule has 0 amide bonds. The van der Waals surface area contributed by atoms with Gasteiger partial charge in [0.25, 0.3) is 0 Å². The Labute approximate surface area is 99.3 Å². The minimum Gasteiger partial charge on any atom is -0.381 e. The molecule has 0 aromatic carbocycles. The number of ether oxygens (including phenoxy) is 1. The zero-order valence-corrected chi connectivity index (χ0v) is 10.5. The van der Waals surface area contributed by atoms with Crippen LogP contribution >= 0.6 is 0 Å². The van der Waals surface area contributed by atoms with E-state index in [-0.39, 0.29) is 0 Å². The summed E-state index contributed by atoms with van der Waals surface area (Å²) in [6, 6.07) is 1.23. The third-order valence-electron chi connectivity index (χ3n) is 4.17. The van der Waals surface area contributed by atoms with Crippen molar-refractivity contribution in [2.45, 2.75) is 50.6 Å². The minimum atomic E-state index is 0.461. The second kappa shape index (κ2) is 5.99. The Morgan fingerprint density at radius 2 is 1.94 bits per heavy atom. The Morgan fingerprint density at radius 1 is 1.19 bits per heavy atom. The maximum atomic E-state index is 5.94. The van der Waals surface area contributed by atoms with Crippen LogP contribution < -0.4 is 5.73 Å². The molecule has 1 aliphatic carbocycles. The largest absolute Gasteiger partial charge is 0.381 e. The molecule has 1 unspecified atom stereocenters. The van der Waals surface area contributed by atoms with Gasteiger partial charge in [-0.25, -0.2) is 0 Å². The van der Waals surface area contributed by atoms with Gasteiger partial charge >= 0.3 is 0 Å². The summed E-state index contributed by atoms with van der Waals surface area (Å²) in [5.41, 5.74) is 5.94. The van der Waals surface area contributed by atoms with Gasteiger partial charge in [-0.3, -0.25) is 0 Å². The van der Waals surface area contributed by atoms with E-state index in [4.69, 9.17) is 10.5 Å². The third kappa shape index (κ3) is 3.44. The molecule has 0 aromatic heterocycles. The molecule has 0 aromatic rings. The normalized spacial score (nSPS) is 36.6. The van der Waals surface area contributed by atoms with Gasteiger partial charge in [0.2, 0.25) is 0 Å². The fraction of sp³-hybridized carbons (Fsp3) is 1.00. The maximum absolute atomic E-state index is 5.94. The van der Waals surface area contributed by atoms with Crippen LogP contribution in [-0.2, 0) is 4.74 Å². The molecular weight excluding hydrogens is 200 g/mol. The third-order valence-corrected chi connectivity index (χ3v) is 4.17. The van der Waals surface area contributed by atoms with Gasteiger partial charge in [0, 0.05) is 25.2 Å². The molecule has 2 fully saturated rings. The van der Waals surface area contributed by atoms with Crippen LogP contribution in [0.5, 0.6) is 0 Å². The molecule has 1 saturated carbocycles. The van der Waals surface area contributed by atoms with Gasteiger partial charge in [-0.15, -0.1) is 0 Å². The van der Waals surface area contributed by atoms with Crippen LogP contribution in [0, 0.1) is 5.92 Å². The highest BCUT2D eigenvalue weighted by atomic mass is 16.5. The van der Waals surface area contributed by atoms with Crippen molar-refractivity contribution in [2.24, 2.45) is 11.7 Å². The van der Waals surface area contributed by atoms with Crippen molar-refractivity contribution < 1.29 is 4.74 Å². The van der Waals surface area contributed by atoms with Crippen molar-refractivity contribution in [3.8, 4) is 0 Å². The molecule has 94 valence electrons. The van der Waals surface area contributed by atoms with Gasteiger partial charge in [-0.1, -0.05) is 0 Å². The van der Waals surface area contributed by atoms with Crippen LogP contribution in [0.4, 0.5) is 0 Å². The van der Waals surface area contributed by atoms with Gasteiger partial charge in [0.05, 0.1) is 6.61 Å². The van der Waals surface area contributed by atoms with E-state index < -0.39 is 0 Å². The maximum Gasteiger partial charge on any atom is 0.0506 e. The average molecular weight is 226 g/mol. The number of hydrogen-bond donors (Lipinski definition) is 1. The fourth-order valence-electron chi connectivity index (χ4n) is 3.05. The highest BCUT2D eigenvalue weighted by Crippen LogP contribution is 2.23. The summed E-state index contributed by atoms with van der Waals surface area (Å²) >= 11 is 0. The smallest absolute Gasteiger partial charge is 0.0506 e. The second-order valence-electron chi connectivity index (χ2n) is 5.59. The van der Waals surface area contributed by atoms with Gasteiger partial charge in [0.15, 0.2) is 0 Å². The lowest BCUT2D eigenvalue weighted by atomic mass is 9.90. The molecule has 2 aliphatic rings. The van der Waals surface area contributed by atoms with E-state index in [0.29, 0.717) is 6.04 Å². The zero-order valence-electron chi connectivity index (χ0n) is 10.5. The predicted octanol–water partition coefficient (Wildman–Crippen LogP) is 1.61. The summed E-state index contributed by atoms with van der Waals surface area (Å²) in [5.74, 6) is 0.759.